The molecule has 0 fully saturated rings. The van der Waals surface area contributed by atoms with Crippen molar-refractivity contribution in [3.63, 3.8) is 0 Å². The summed E-state index contributed by atoms with van der Waals surface area (Å²) in [6, 6.07) is 0.445. The van der Waals surface area contributed by atoms with Gasteiger partial charge in [0.15, 0.2) is 0 Å². The molecule has 1 aromatic heterocycles. The zero-order valence-corrected chi connectivity index (χ0v) is 9.03. The highest BCUT2D eigenvalue weighted by molar-refractivity contribution is 7.08. The zero-order chi connectivity index (χ0) is 9.68. The molecule has 0 bridgehead atoms. The van der Waals surface area contributed by atoms with Gasteiger partial charge in [-0.05, 0) is 37.6 Å². The highest BCUT2D eigenvalue weighted by Crippen LogP contribution is 2.20. The van der Waals surface area contributed by atoms with E-state index in [-0.39, 0.29) is 6.61 Å². The van der Waals surface area contributed by atoms with Crippen molar-refractivity contribution in [1.29, 1.82) is 0 Å². The highest BCUT2D eigenvalue weighted by Gasteiger charge is 2.03. The molecule has 0 aliphatic rings. The Morgan fingerprint density at radius 1 is 1.54 bits per heavy atom. The van der Waals surface area contributed by atoms with Gasteiger partial charge in [-0.3, -0.25) is 0 Å². The average molecular weight is 199 g/mol. The summed E-state index contributed by atoms with van der Waals surface area (Å²) in [6.45, 7) is 4.54. The summed E-state index contributed by atoms with van der Waals surface area (Å²) in [5.41, 5.74) is 2.54. The Bertz CT molecular complexity index is 247. The van der Waals surface area contributed by atoms with Crippen LogP contribution in [0.3, 0.4) is 0 Å². The lowest BCUT2D eigenvalue weighted by atomic mass is 10.2. The first-order chi connectivity index (χ1) is 6.24. The smallest absolute Gasteiger partial charge is 0.0480 e. The molecule has 0 radical (unpaired) electrons. The van der Waals surface area contributed by atoms with Crippen molar-refractivity contribution in [2.24, 2.45) is 0 Å². The molecule has 1 rings (SSSR count). The van der Waals surface area contributed by atoms with Crippen molar-refractivity contribution in [3.8, 4) is 0 Å². The second-order valence-electron chi connectivity index (χ2n) is 3.38. The zero-order valence-electron chi connectivity index (χ0n) is 8.21. The molecule has 1 aromatic rings. The Balaban J connectivity index is 2.36. The molecular formula is C10H17NOS. The standard InChI is InChI=1S/C10H17NOS/c1-8-6-13-7-10(8)11-9(2)4-3-5-12/h6-7,9,11-12H,3-5H2,1-2H3. The Labute approximate surface area is 83.6 Å². The Morgan fingerprint density at radius 3 is 2.85 bits per heavy atom. The minimum atomic E-state index is 0.286. The predicted octanol–water partition coefficient (Wildman–Crippen LogP) is 2.63. The third kappa shape index (κ3) is 3.36. The first-order valence-corrected chi connectivity index (χ1v) is 5.58. The molecule has 0 amide bonds. The van der Waals surface area contributed by atoms with E-state index in [1.165, 1.54) is 11.3 Å². The van der Waals surface area contributed by atoms with Gasteiger partial charge in [0.1, 0.15) is 0 Å². The quantitative estimate of drug-likeness (QED) is 0.764. The molecule has 1 unspecified atom stereocenters. The van der Waals surface area contributed by atoms with Crippen molar-refractivity contribution in [3.05, 3.63) is 16.3 Å². The van der Waals surface area contributed by atoms with Crippen LogP contribution < -0.4 is 5.32 Å². The summed E-state index contributed by atoms with van der Waals surface area (Å²) in [4.78, 5) is 0. The van der Waals surface area contributed by atoms with E-state index < -0.39 is 0 Å². The van der Waals surface area contributed by atoms with Crippen LogP contribution in [0, 0.1) is 6.92 Å². The molecule has 3 heteroatoms. The van der Waals surface area contributed by atoms with E-state index in [0.29, 0.717) is 6.04 Å². The third-order valence-electron chi connectivity index (χ3n) is 2.05. The van der Waals surface area contributed by atoms with Crippen molar-refractivity contribution >= 4 is 17.0 Å². The second-order valence-corrected chi connectivity index (χ2v) is 4.12. The van der Waals surface area contributed by atoms with E-state index in [4.69, 9.17) is 5.11 Å². The molecule has 1 atom stereocenters. The van der Waals surface area contributed by atoms with E-state index >= 15 is 0 Å². The largest absolute Gasteiger partial charge is 0.396 e. The maximum absolute atomic E-state index is 8.67. The Morgan fingerprint density at radius 2 is 2.31 bits per heavy atom. The van der Waals surface area contributed by atoms with E-state index in [9.17, 15) is 0 Å². The van der Waals surface area contributed by atoms with Crippen molar-refractivity contribution in [1.82, 2.24) is 0 Å². The maximum Gasteiger partial charge on any atom is 0.0480 e. The van der Waals surface area contributed by atoms with Crippen LogP contribution in [0.1, 0.15) is 25.3 Å². The van der Waals surface area contributed by atoms with Crippen molar-refractivity contribution in [2.45, 2.75) is 32.7 Å². The van der Waals surface area contributed by atoms with Crippen molar-refractivity contribution in [2.75, 3.05) is 11.9 Å². The van der Waals surface area contributed by atoms with Gasteiger partial charge >= 0.3 is 0 Å². The van der Waals surface area contributed by atoms with Gasteiger partial charge in [-0.1, -0.05) is 0 Å². The van der Waals surface area contributed by atoms with Crippen LogP contribution in [0.4, 0.5) is 5.69 Å². The highest BCUT2D eigenvalue weighted by atomic mass is 32.1. The predicted molar refractivity (Wildman–Crippen MR) is 58.5 cm³/mol. The average Bonchev–Trinajstić information content (AvgIpc) is 2.48. The van der Waals surface area contributed by atoms with Gasteiger partial charge in [0.2, 0.25) is 0 Å². The number of aliphatic hydroxyl groups is 1. The Hall–Kier alpha value is -0.540. The normalized spacial score (nSPS) is 12.8. The summed E-state index contributed by atoms with van der Waals surface area (Å²) in [7, 11) is 0. The fraction of sp³-hybridized carbons (Fsp3) is 0.600. The van der Waals surface area contributed by atoms with Gasteiger partial charge in [0.25, 0.3) is 0 Å². The van der Waals surface area contributed by atoms with Crippen LogP contribution >= 0.6 is 11.3 Å². The first kappa shape index (κ1) is 10.5. The van der Waals surface area contributed by atoms with E-state index in [2.05, 4.69) is 29.9 Å². The van der Waals surface area contributed by atoms with Gasteiger partial charge in [0, 0.05) is 23.7 Å². The summed E-state index contributed by atoms with van der Waals surface area (Å²) in [5, 5.41) is 16.4. The summed E-state index contributed by atoms with van der Waals surface area (Å²) >= 11 is 1.72. The molecule has 0 aliphatic carbocycles. The Kier molecular flexibility index (Phi) is 4.25. The molecule has 1 heterocycles. The second kappa shape index (κ2) is 5.25. The fourth-order valence-corrected chi connectivity index (χ4v) is 2.03. The topological polar surface area (TPSA) is 32.3 Å². The van der Waals surface area contributed by atoms with Gasteiger partial charge in [-0.2, -0.15) is 0 Å². The molecule has 74 valence electrons. The van der Waals surface area contributed by atoms with E-state index in [0.717, 1.165) is 12.8 Å². The molecule has 13 heavy (non-hydrogen) atoms. The number of aliphatic hydroxyl groups excluding tert-OH is 1. The lowest BCUT2D eigenvalue weighted by molar-refractivity contribution is 0.282. The number of nitrogens with one attached hydrogen (secondary N) is 1. The van der Waals surface area contributed by atoms with E-state index in [1.54, 1.807) is 11.3 Å². The molecule has 0 spiro atoms. The number of aryl methyl sites for hydroxylation is 1. The molecule has 2 N–H and O–H groups in total. The first-order valence-electron chi connectivity index (χ1n) is 4.64. The summed E-state index contributed by atoms with van der Waals surface area (Å²) in [6.07, 6.45) is 1.89. The maximum atomic E-state index is 8.67. The van der Waals surface area contributed by atoms with Crippen LogP contribution in [0.5, 0.6) is 0 Å². The van der Waals surface area contributed by atoms with E-state index in [1.807, 2.05) is 0 Å². The third-order valence-corrected chi connectivity index (χ3v) is 2.91. The number of hydrogen-bond donors (Lipinski definition) is 2. The molecular weight excluding hydrogens is 182 g/mol. The van der Waals surface area contributed by atoms with Crippen LogP contribution in [-0.4, -0.2) is 17.8 Å². The lowest BCUT2D eigenvalue weighted by Crippen LogP contribution is -2.15. The molecule has 0 aliphatic heterocycles. The van der Waals surface area contributed by atoms with Crippen LogP contribution in [0.25, 0.3) is 0 Å². The van der Waals surface area contributed by atoms with Gasteiger partial charge in [-0.15, -0.1) is 11.3 Å². The minimum absolute atomic E-state index is 0.286. The van der Waals surface area contributed by atoms with Crippen molar-refractivity contribution < 1.29 is 5.11 Å². The van der Waals surface area contributed by atoms with Crippen LogP contribution in [0.2, 0.25) is 0 Å². The molecule has 0 saturated heterocycles. The monoisotopic (exact) mass is 199 g/mol. The van der Waals surface area contributed by atoms with Gasteiger partial charge in [-0.25, -0.2) is 0 Å². The van der Waals surface area contributed by atoms with Gasteiger partial charge in [0.05, 0.1) is 0 Å². The van der Waals surface area contributed by atoms with Crippen LogP contribution in [0.15, 0.2) is 10.8 Å². The molecule has 0 aromatic carbocycles. The van der Waals surface area contributed by atoms with Crippen LogP contribution in [-0.2, 0) is 0 Å². The molecule has 2 nitrogen and oxygen atoms in total. The number of rotatable bonds is 5. The lowest BCUT2D eigenvalue weighted by Gasteiger charge is -2.13. The minimum Gasteiger partial charge on any atom is -0.396 e. The summed E-state index contributed by atoms with van der Waals surface area (Å²) in [5.74, 6) is 0. The number of anilines is 1. The molecule has 0 saturated carbocycles. The SMILES string of the molecule is Cc1cscc1NC(C)CCCO. The van der Waals surface area contributed by atoms with Gasteiger partial charge < -0.3 is 10.4 Å². The number of hydrogen-bond acceptors (Lipinski definition) is 3. The number of thiophene rings is 1. The fourth-order valence-electron chi connectivity index (χ4n) is 1.24. The summed E-state index contributed by atoms with van der Waals surface area (Å²) < 4.78 is 0.